The first-order valence-electron chi connectivity index (χ1n) is 6.14. The Hall–Kier alpha value is -1.88. The van der Waals surface area contributed by atoms with Crippen LogP contribution in [0.3, 0.4) is 0 Å². The molecule has 0 atom stereocenters. The van der Waals surface area contributed by atoms with Crippen LogP contribution in [-0.4, -0.2) is 18.4 Å². The van der Waals surface area contributed by atoms with E-state index in [1.165, 1.54) is 11.3 Å². The summed E-state index contributed by atoms with van der Waals surface area (Å²) in [6.45, 7) is 2.42. The molecule has 0 aliphatic heterocycles. The summed E-state index contributed by atoms with van der Waals surface area (Å²) in [4.78, 5) is 23.4. The number of fused-ring (bicyclic) bond motifs is 1. The van der Waals surface area contributed by atoms with Gasteiger partial charge in [0.05, 0.1) is 4.88 Å². The van der Waals surface area contributed by atoms with E-state index in [2.05, 4.69) is 5.32 Å². The fourth-order valence-corrected chi connectivity index (χ4v) is 3.06. The van der Waals surface area contributed by atoms with Crippen LogP contribution in [0.5, 0.6) is 0 Å². The minimum absolute atomic E-state index is 0.0804. The van der Waals surface area contributed by atoms with E-state index in [1.54, 1.807) is 0 Å². The monoisotopic (exact) mass is 276 g/mol. The second-order valence-electron chi connectivity index (χ2n) is 4.38. The molecule has 1 aromatic carbocycles. The number of carbonyl (C=O) groups is 2. The van der Waals surface area contributed by atoms with E-state index in [0.29, 0.717) is 19.4 Å². The molecule has 19 heavy (non-hydrogen) atoms. The third-order valence-corrected chi connectivity index (χ3v) is 4.21. The maximum Gasteiger partial charge on any atom is 0.261 e. The number of thiophene rings is 1. The Labute approximate surface area is 115 Å². The normalized spacial score (nSPS) is 10.6. The van der Waals surface area contributed by atoms with Crippen molar-refractivity contribution >= 4 is 33.2 Å². The zero-order valence-corrected chi connectivity index (χ0v) is 11.5. The molecule has 0 fully saturated rings. The smallest absolute Gasteiger partial charge is 0.261 e. The van der Waals surface area contributed by atoms with Crippen LogP contribution in [0.15, 0.2) is 24.3 Å². The molecule has 5 heteroatoms. The van der Waals surface area contributed by atoms with Crippen LogP contribution in [0, 0.1) is 6.92 Å². The predicted octanol–water partition coefficient (Wildman–Crippen LogP) is 2.21. The third kappa shape index (κ3) is 3.12. The molecule has 0 bridgehead atoms. The molecule has 2 aromatic rings. The van der Waals surface area contributed by atoms with Gasteiger partial charge in [0.2, 0.25) is 5.91 Å². The molecule has 0 aliphatic carbocycles. The number of hydrogen-bond acceptors (Lipinski definition) is 3. The number of rotatable bonds is 5. The molecule has 4 nitrogen and oxygen atoms in total. The summed E-state index contributed by atoms with van der Waals surface area (Å²) in [5.41, 5.74) is 6.05. The third-order valence-electron chi connectivity index (χ3n) is 2.94. The standard InChI is InChI=1S/C14H16N2O2S/c1-9-10-5-2-3-6-11(10)19-13(9)14(18)16-8-4-7-12(15)17/h2-3,5-6H,4,7-8H2,1H3,(H2,15,17)(H,16,18). The van der Waals surface area contributed by atoms with Crippen LogP contribution in [0.4, 0.5) is 0 Å². The average molecular weight is 276 g/mol. The lowest BCUT2D eigenvalue weighted by Crippen LogP contribution is -2.25. The van der Waals surface area contributed by atoms with Gasteiger partial charge >= 0.3 is 0 Å². The zero-order valence-electron chi connectivity index (χ0n) is 10.7. The molecule has 2 rings (SSSR count). The molecule has 0 radical (unpaired) electrons. The average Bonchev–Trinajstić information content (AvgIpc) is 2.72. The van der Waals surface area contributed by atoms with Crippen molar-refractivity contribution in [1.82, 2.24) is 5.32 Å². The molecule has 0 aliphatic rings. The lowest BCUT2D eigenvalue weighted by atomic mass is 10.1. The lowest BCUT2D eigenvalue weighted by Gasteiger charge is -2.03. The lowest BCUT2D eigenvalue weighted by molar-refractivity contribution is -0.118. The topological polar surface area (TPSA) is 72.2 Å². The maximum atomic E-state index is 12.1. The highest BCUT2D eigenvalue weighted by atomic mass is 32.1. The molecular formula is C14H16N2O2S. The van der Waals surface area contributed by atoms with Crippen molar-refractivity contribution in [3.8, 4) is 0 Å². The fraction of sp³-hybridized carbons (Fsp3) is 0.286. The fourth-order valence-electron chi connectivity index (χ4n) is 1.94. The van der Waals surface area contributed by atoms with Gasteiger partial charge in [-0.05, 0) is 30.4 Å². The van der Waals surface area contributed by atoms with E-state index in [-0.39, 0.29) is 11.8 Å². The van der Waals surface area contributed by atoms with E-state index in [4.69, 9.17) is 5.73 Å². The van der Waals surface area contributed by atoms with Crippen LogP contribution in [0.1, 0.15) is 28.1 Å². The van der Waals surface area contributed by atoms with Crippen molar-refractivity contribution in [3.05, 3.63) is 34.7 Å². The number of aryl methyl sites for hydroxylation is 1. The Kier molecular flexibility index (Phi) is 4.16. The van der Waals surface area contributed by atoms with Crippen LogP contribution in [0.2, 0.25) is 0 Å². The second-order valence-corrected chi connectivity index (χ2v) is 5.43. The molecule has 1 aromatic heterocycles. The number of nitrogens with one attached hydrogen (secondary N) is 1. The van der Waals surface area contributed by atoms with E-state index in [9.17, 15) is 9.59 Å². The minimum atomic E-state index is -0.340. The summed E-state index contributed by atoms with van der Waals surface area (Å²) in [7, 11) is 0. The summed E-state index contributed by atoms with van der Waals surface area (Å²) in [6.07, 6.45) is 0.872. The summed E-state index contributed by atoms with van der Waals surface area (Å²) < 4.78 is 1.11. The van der Waals surface area contributed by atoms with Crippen molar-refractivity contribution in [1.29, 1.82) is 0 Å². The maximum absolute atomic E-state index is 12.1. The van der Waals surface area contributed by atoms with Crippen molar-refractivity contribution in [2.75, 3.05) is 6.54 Å². The molecule has 1 heterocycles. The molecular weight excluding hydrogens is 260 g/mol. The van der Waals surface area contributed by atoms with Gasteiger partial charge in [-0.25, -0.2) is 0 Å². The zero-order chi connectivity index (χ0) is 13.8. The van der Waals surface area contributed by atoms with Gasteiger partial charge in [-0.15, -0.1) is 11.3 Å². The molecule has 0 saturated carbocycles. The molecule has 0 unspecified atom stereocenters. The molecule has 3 N–H and O–H groups in total. The summed E-state index contributed by atoms with van der Waals surface area (Å²) in [5, 5.41) is 3.94. The first-order chi connectivity index (χ1) is 9.09. The highest BCUT2D eigenvalue weighted by Gasteiger charge is 2.14. The summed E-state index contributed by atoms with van der Waals surface area (Å²) >= 11 is 1.49. The van der Waals surface area contributed by atoms with E-state index >= 15 is 0 Å². The molecule has 0 spiro atoms. The quantitative estimate of drug-likeness (QED) is 0.822. The number of primary amides is 1. The largest absolute Gasteiger partial charge is 0.370 e. The van der Waals surface area contributed by atoms with E-state index in [0.717, 1.165) is 20.5 Å². The highest BCUT2D eigenvalue weighted by molar-refractivity contribution is 7.21. The Morgan fingerprint density at radius 2 is 2.05 bits per heavy atom. The van der Waals surface area contributed by atoms with Gasteiger partial charge in [0.25, 0.3) is 5.91 Å². The first-order valence-corrected chi connectivity index (χ1v) is 6.96. The van der Waals surface area contributed by atoms with Crippen molar-refractivity contribution in [2.24, 2.45) is 5.73 Å². The van der Waals surface area contributed by atoms with Crippen LogP contribution in [-0.2, 0) is 4.79 Å². The van der Waals surface area contributed by atoms with Gasteiger partial charge in [-0.3, -0.25) is 9.59 Å². The molecule has 2 amide bonds. The van der Waals surface area contributed by atoms with Crippen molar-refractivity contribution in [2.45, 2.75) is 19.8 Å². The Morgan fingerprint density at radius 1 is 1.32 bits per heavy atom. The van der Waals surface area contributed by atoms with Crippen LogP contribution < -0.4 is 11.1 Å². The summed E-state index contributed by atoms with van der Waals surface area (Å²) in [6, 6.07) is 7.96. The van der Waals surface area contributed by atoms with Gasteiger partial charge in [-0.1, -0.05) is 18.2 Å². The van der Waals surface area contributed by atoms with Crippen molar-refractivity contribution in [3.63, 3.8) is 0 Å². The molecule has 0 saturated heterocycles. The Morgan fingerprint density at radius 3 is 2.74 bits per heavy atom. The SMILES string of the molecule is Cc1c(C(=O)NCCCC(N)=O)sc2ccccc12. The number of nitrogens with two attached hydrogens (primary N) is 1. The number of amides is 2. The number of hydrogen-bond donors (Lipinski definition) is 2. The number of benzene rings is 1. The Bertz CT molecular complexity index is 619. The van der Waals surface area contributed by atoms with Gasteiger partial charge in [0, 0.05) is 17.7 Å². The number of carbonyl (C=O) groups excluding carboxylic acids is 2. The second kappa shape index (κ2) is 5.84. The van der Waals surface area contributed by atoms with Crippen LogP contribution >= 0.6 is 11.3 Å². The van der Waals surface area contributed by atoms with Gasteiger partial charge < -0.3 is 11.1 Å². The van der Waals surface area contributed by atoms with E-state index in [1.807, 2.05) is 31.2 Å². The highest BCUT2D eigenvalue weighted by Crippen LogP contribution is 2.30. The van der Waals surface area contributed by atoms with Gasteiger partial charge in [-0.2, -0.15) is 0 Å². The van der Waals surface area contributed by atoms with Gasteiger partial charge in [0.1, 0.15) is 0 Å². The van der Waals surface area contributed by atoms with Crippen LogP contribution in [0.25, 0.3) is 10.1 Å². The summed E-state index contributed by atoms with van der Waals surface area (Å²) in [5.74, 6) is -0.421. The minimum Gasteiger partial charge on any atom is -0.370 e. The first kappa shape index (κ1) is 13.5. The van der Waals surface area contributed by atoms with E-state index < -0.39 is 0 Å². The van der Waals surface area contributed by atoms with Gasteiger partial charge in [0.15, 0.2) is 0 Å². The molecule has 100 valence electrons. The Balaban J connectivity index is 2.05. The van der Waals surface area contributed by atoms with Crippen molar-refractivity contribution < 1.29 is 9.59 Å². The predicted molar refractivity (Wildman–Crippen MR) is 77.3 cm³/mol.